The fraction of sp³-hybridized carbons (Fsp3) is 0.500. The highest BCUT2D eigenvalue weighted by atomic mass is 16.5. The first kappa shape index (κ1) is 17.2. The van der Waals surface area contributed by atoms with Gasteiger partial charge in [0.1, 0.15) is 18.1 Å². The summed E-state index contributed by atoms with van der Waals surface area (Å²) in [7, 11) is 3.94. The normalized spacial score (nSPS) is 19.0. The Labute approximate surface area is 145 Å². The van der Waals surface area contributed by atoms with Gasteiger partial charge in [0.15, 0.2) is 0 Å². The number of likely N-dealkylation sites (tertiary alicyclic amines) is 1. The lowest BCUT2D eigenvalue weighted by molar-refractivity contribution is 0.100. The molecule has 24 heavy (non-hydrogen) atoms. The Kier molecular flexibility index (Phi) is 6.07. The van der Waals surface area contributed by atoms with Gasteiger partial charge in [-0.2, -0.15) is 0 Å². The van der Waals surface area contributed by atoms with E-state index in [2.05, 4.69) is 53.2 Å². The molecule has 1 saturated heterocycles. The van der Waals surface area contributed by atoms with Crippen LogP contribution in [0.15, 0.2) is 46.9 Å². The number of likely N-dealkylation sites (N-methyl/N-ethyl adjacent to an activating group) is 1. The zero-order valence-corrected chi connectivity index (χ0v) is 14.8. The molecule has 1 aromatic carbocycles. The van der Waals surface area contributed by atoms with Crippen LogP contribution in [0.1, 0.15) is 29.9 Å². The van der Waals surface area contributed by atoms with E-state index in [1.165, 1.54) is 18.4 Å². The second-order valence-electron chi connectivity index (χ2n) is 6.73. The molecule has 0 spiro atoms. The molecule has 2 aromatic rings. The maximum Gasteiger partial charge on any atom is 0.129 e. The zero-order chi connectivity index (χ0) is 16.8. The van der Waals surface area contributed by atoms with E-state index in [0.29, 0.717) is 12.6 Å². The van der Waals surface area contributed by atoms with Crippen molar-refractivity contribution in [3.05, 3.63) is 59.5 Å². The minimum Gasteiger partial charge on any atom is -0.462 e. The summed E-state index contributed by atoms with van der Waals surface area (Å²) in [5, 5.41) is 0. The third-order valence-electron chi connectivity index (χ3n) is 4.76. The largest absolute Gasteiger partial charge is 0.462 e. The Hall–Kier alpha value is -1.62. The van der Waals surface area contributed by atoms with Gasteiger partial charge in [-0.05, 0) is 44.1 Å². The Morgan fingerprint density at radius 3 is 2.75 bits per heavy atom. The molecule has 1 aliphatic heterocycles. The van der Waals surface area contributed by atoms with Gasteiger partial charge in [0.25, 0.3) is 0 Å². The molecule has 0 amide bonds. The van der Waals surface area contributed by atoms with E-state index in [1.54, 1.807) is 7.11 Å². The fourth-order valence-electron chi connectivity index (χ4n) is 3.48. The Morgan fingerprint density at radius 1 is 1.17 bits per heavy atom. The van der Waals surface area contributed by atoms with Gasteiger partial charge in [0.2, 0.25) is 0 Å². The van der Waals surface area contributed by atoms with Crippen LogP contribution in [-0.4, -0.2) is 43.1 Å². The first-order valence-electron chi connectivity index (χ1n) is 8.77. The third-order valence-corrected chi connectivity index (χ3v) is 4.76. The number of benzene rings is 1. The molecule has 0 saturated carbocycles. The summed E-state index contributed by atoms with van der Waals surface area (Å²) in [5.41, 5.74) is 1.38. The van der Waals surface area contributed by atoms with Gasteiger partial charge in [-0.3, -0.25) is 9.80 Å². The second kappa shape index (κ2) is 8.47. The summed E-state index contributed by atoms with van der Waals surface area (Å²) in [6.07, 6.45) is 2.52. The van der Waals surface area contributed by atoms with Crippen molar-refractivity contribution in [2.75, 3.05) is 27.2 Å². The first-order chi connectivity index (χ1) is 11.7. The van der Waals surface area contributed by atoms with Crippen molar-refractivity contribution in [2.45, 2.75) is 38.6 Å². The average molecular weight is 328 g/mol. The lowest BCUT2D eigenvalue weighted by atomic mass is 10.0. The summed E-state index contributed by atoms with van der Waals surface area (Å²) in [6, 6.07) is 15.4. The number of ether oxygens (including phenoxy) is 1. The molecule has 0 bridgehead atoms. The topological polar surface area (TPSA) is 28.9 Å². The number of hydrogen-bond acceptors (Lipinski definition) is 4. The quantitative estimate of drug-likeness (QED) is 0.777. The van der Waals surface area contributed by atoms with Crippen LogP contribution < -0.4 is 0 Å². The van der Waals surface area contributed by atoms with Gasteiger partial charge in [0.05, 0.1) is 6.54 Å². The second-order valence-corrected chi connectivity index (χ2v) is 6.73. The van der Waals surface area contributed by atoms with Crippen LogP contribution in [0.2, 0.25) is 0 Å². The van der Waals surface area contributed by atoms with Crippen LogP contribution in [0.5, 0.6) is 0 Å². The van der Waals surface area contributed by atoms with Gasteiger partial charge in [-0.15, -0.1) is 0 Å². The first-order valence-corrected chi connectivity index (χ1v) is 8.77. The van der Waals surface area contributed by atoms with Crippen LogP contribution in [0.25, 0.3) is 0 Å². The minimum atomic E-state index is 0.544. The maximum atomic E-state index is 5.84. The van der Waals surface area contributed by atoms with Crippen molar-refractivity contribution in [1.82, 2.24) is 9.80 Å². The Morgan fingerprint density at radius 2 is 1.96 bits per heavy atom. The van der Waals surface area contributed by atoms with Crippen molar-refractivity contribution in [3.63, 3.8) is 0 Å². The van der Waals surface area contributed by atoms with Crippen LogP contribution in [0.3, 0.4) is 0 Å². The summed E-state index contributed by atoms with van der Waals surface area (Å²) < 4.78 is 11.0. The van der Waals surface area contributed by atoms with Crippen molar-refractivity contribution in [2.24, 2.45) is 0 Å². The van der Waals surface area contributed by atoms with E-state index in [0.717, 1.165) is 37.7 Å². The van der Waals surface area contributed by atoms with E-state index >= 15 is 0 Å². The molecule has 0 N–H and O–H groups in total. The highest BCUT2D eigenvalue weighted by Crippen LogP contribution is 2.20. The van der Waals surface area contributed by atoms with Crippen LogP contribution >= 0.6 is 0 Å². The fourth-order valence-corrected chi connectivity index (χ4v) is 3.48. The number of methoxy groups -OCH3 is 1. The van der Waals surface area contributed by atoms with Crippen molar-refractivity contribution < 1.29 is 9.15 Å². The van der Waals surface area contributed by atoms with Crippen molar-refractivity contribution in [3.8, 4) is 0 Å². The van der Waals surface area contributed by atoms with Crippen molar-refractivity contribution in [1.29, 1.82) is 0 Å². The van der Waals surface area contributed by atoms with E-state index in [4.69, 9.17) is 9.15 Å². The molecule has 4 nitrogen and oxygen atoms in total. The molecule has 4 heteroatoms. The maximum absolute atomic E-state index is 5.84. The summed E-state index contributed by atoms with van der Waals surface area (Å²) in [4.78, 5) is 4.99. The monoisotopic (exact) mass is 328 g/mol. The minimum absolute atomic E-state index is 0.544. The Balaban J connectivity index is 1.53. The number of hydrogen-bond donors (Lipinski definition) is 0. The van der Waals surface area contributed by atoms with E-state index in [9.17, 15) is 0 Å². The van der Waals surface area contributed by atoms with E-state index in [1.807, 2.05) is 6.07 Å². The number of furan rings is 1. The molecule has 0 radical (unpaired) electrons. The molecule has 2 heterocycles. The van der Waals surface area contributed by atoms with Crippen LogP contribution in [0, 0.1) is 0 Å². The summed E-state index contributed by atoms with van der Waals surface area (Å²) in [6.45, 7) is 4.69. The molecule has 1 aromatic heterocycles. The molecular formula is C20H28N2O2. The van der Waals surface area contributed by atoms with E-state index in [-0.39, 0.29) is 0 Å². The highest BCUT2D eigenvalue weighted by molar-refractivity contribution is 5.14. The van der Waals surface area contributed by atoms with Gasteiger partial charge in [0, 0.05) is 26.2 Å². The van der Waals surface area contributed by atoms with Gasteiger partial charge in [-0.25, -0.2) is 0 Å². The van der Waals surface area contributed by atoms with Gasteiger partial charge in [-0.1, -0.05) is 30.3 Å². The molecule has 3 rings (SSSR count). The van der Waals surface area contributed by atoms with Gasteiger partial charge >= 0.3 is 0 Å². The smallest absolute Gasteiger partial charge is 0.129 e. The molecular weight excluding hydrogens is 300 g/mol. The zero-order valence-electron chi connectivity index (χ0n) is 14.8. The average Bonchev–Trinajstić information content (AvgIpc) is 3.03. The molecule has 1 unspecified atom stereocenters. The molecule has 1 aliphatic rings. The lowest BCUT2D eigenvalue weighted by Gasteiger charge is -2.37. The summed E-state index contributed by atoms with van der Waals surface area (Å²) >= 11 is 0. The molecule has 1 atom stereocenters. The van der Waals surface area contributed by atoms with Gasteiger partial charge < -0.3 is 9.15 Å². The number of piperidine rings is 1. The predicted octanol–water partition coefficient (Wildman–Crippen LogP) is 3.52. The SMILES string of the molecule is COCc1ccc(CN2CCCC(N(C)Cc3ccccc3)C2)o1. The number of rotatable bonds is 7. The molecule has 130 valence electrons. The molecule has 0 aliphatic carbocycles. The van der Waals surface area contributed by atoms with Crippen molar-refractivity contribution >= 4 is 0 Å². The van der Waals surface area contributed by atoms with Crippen LogP contribution in [0.4, 0.5) is 0 Å². The Bertz CT molecular complexity index is 611. The number of nitrogens with zero attached hydrogens (tertiary/aromatic N) is 2. The summed E-state index contributed by atoms with van der Waals surface area (Å²) in [5.74, 6) is 1.94. The standard InChI is InChI=1S/C20H28N2O2/c1-21(13-17-7-4-3-5-8-17)18-9-6-12-22(14-18)15-19-10-11-20(24-19)16-23-2/h3-5,7-8,10-11,18H,6,9,12-16H2,1-2H3. The predicted molar refractivity (Wildman–Crippen MR) is 95.6 cm³/mol. The van der Waals surface area contributed by atoms with Crippen LogP contribution in [-0.2, 0) is 24.4 Å². The molecule has 1 fully saturated rings. The lowest BCUT2D eigenvalue weighted by Crippen LogP contribution is -2.45. The third kappa shape index (κ3) is 4.69. The highest BCUT2D eigenvalue weighted by Gasteiger charge is 2.23. The van der Waals surface area contributed by atoms with E-state index < -0.39 is 0 Å².